The van der Waals surface area contributed by atoms with E-state index in [1.807, 2.05) is 0 Å². The van der Waals surface area contributed by atoms with Crippen LogP contribution in [0.3, 0.4) is 0 Å². The second kappa shape index (κ2) is 58.2. The number of hydrogen-bond donors (Lipinski definition) is 0. The van der Waals surface area contributed by atoms with E-state index in [1.54, 1.807) is 0 Å². The number of allylic oxidation sites excluding steroid dienone is 6. The summed E-state index contributed by atoms with van der Waals surface area (Å²) in [4.78, 5) is 38.2. The van der Waals surface area contributed by atoms with Crippen molar-refractivity contribution in [1.29, 1.82) is 0 Å². The molecule has 404 valence electrons. The highest BCUT2D eigenvalue weighted by molar-refractivity contribution is 5.71. The molecule has 0 aromatic rings. The van der Waals surface area contributed by atoms with Crippen LogP contribution in [0.4, 0.5) is 0 Å². The molecule has 0 rings (SSSR count). The summed E-state index contributed by atoms with van der Waals surface area (Å²) >= 11 is 0. The Morgan fingerprint density at radius 3 is 0.725 bits per heavy atom. The molecule has 69 heavy (non-hydrogen) atoms. The van der Waals surface area contributed by atoms with Gasteiger partial charge >= 0.3 is 17.9 Å². The van der Waals surface area contributed by atoms with Crippen molar-refractivity contribution in [1.82, 2.24) is 0 Å². The molecule has 0 aromatic carbocycles. The van der Waals surface area contributed by atoms with E-state index in [9.17, 15) is 14.4 Å². The smallest absolute Gasteiger partial charge is 0.306 e. The fraction of sp³-hybridized carbons (Fsp3) is 0.857. The van der Waals surface area contributed by atoms with Crippen LogP contribution >= 0.6 is 0 Å². The highest BCUT2D eigenvalue weighted by atomic mass is 16.6. The molecule has 0 spiro atoms. The van der Waals surface area contributed by atoms with Crippen molar-refractivity contribution < 1.29 is 28.6 Å². The van der Waals surface area contributed by atoms with Crippen LogP contribution in [0, 0.1) is 0 Å². The van der Waals surface area contributed by atoms with Gasteiger partial charge in [-0.1, -0.05) is 250 Å². The monoisotopic (exact) mass is 969 g/mol. The minimum Gasteiger partial charge on any atom is -0.462 e. The van der Waals surface area contributed by atoms with Crippen LogP contribution in [-0.2, 0) is 28.6 Å². The summed E-state index contributed by atoms with van der Waals surface area (Å²) < 4.78 is 16.9. The van der Waals surface area contributed by atoms with Crippen molar-refractivity contribution in [2.75, 3.05) is 13.2 Å². The lowest BCUT2D eigenvalue weighted by molar-refractivity contribution is -0.167. The van der Waals surface area contributed by atoms with Crippen molar-refractivity contribution in [2.45, 2.75) is 335 Å². The SMILES string of the molecule is CCCCCCCC/C=C\CCCCCCCCCCCCCC(=O)OC(COC(=O)CCCCCCC/C=C\CCCCCCCC)COC(=O)CCCCCCC/C=C\CCCCCCCC. The van der Waals surface area contributed by atoms with Crippen molar-refractivity contribution in [3.63, 3.8) is 0 Å². The Kier molecular flexibility index (Phi) is 56.2. The van der Waals surface area contributed by atoms with Gasteiger partial charge in [0.15, 0.2) is 6.10 Å². The lowest BCUT2D eigenvalue weighted by Gasteiger charge is -2.18. The first-order valence-corrected chi connectivity index (χ1v) is 30.5. The molecule has 0 amide bonds. The van der Waals surface area contributed by atoms with Crippen LogP contribution in [-0.4, -0.2) is 37.2 Å². The van der Waals surface area contributed by atoms with Crippen molar-refractivity contribution in [2.24, 2.45) is 0 Å². The Morgan fingerprint density at radius 1 is 0.275 bits per heavy atom. The molecule has 0 aromatic heterocycles. The maximum absolute atomic E-state index is 12.9. The first-order valence-electron chi connectivity index (χ1n) is 30.5. The molecule has 0 aliphatic rings. The third kappa shape index (κ3) is 56.4. The van der Waals surface area contributed by atoms with Gasteiger partial charge in [-0.05, 0) is 96.3 Å². The molecular weight excluding hydrogens is 853 g/mol. The standard InChI is InChI=1S/C63H116O6/c1-4-7-10-13-16-19-22-25-28-29-30-31-32-33-36-39-42-45-48-51-54-57-63(66)69-60(58-67-61(64)55-52-49-46-43-40-37-34-26-23-20-17-14-11-8-5-2)59-68-62(65)56-53-50-47-44-41-38-35-27-24-21-18-15-12-9-6-3/h25-28,34-35,60H,4-24,29-33,36-59H2,1-3H3/b28-25-,34-26-,35-27-. The van der Waals surface area contributed by atoms with Gasteiger partial charge in [-0.2, -0.15) is 0 Å². The Balaban J connectivity index is 4.34. The predicted molar refractivity (Wildman–Crippen MR) is 298 cm³/mol. The van der Waals surface area contributed by atoms with E-state index < -0.39 is 6.10 Å². The van der Waals surface area contributed by atoms with Gasteiger partial charge < -0.3 is 14.2 Å². The molecule has 0 saturated carbocycles. The van der Waals surface area contributed by atoms with Crippen molar-refractivity contribution in [3.8, 4) is 0 Å². The minimum atomic E-state index is -0.778. The highest BCUT2D eigenvalue weighted by Crippen LogP contribution is 2.16. The van der Waals surface area contributed by atoms with E-state index >= 15 is 0 Å². The summed E-state index contributed by atoms with van der Waals surface area (Å²) in [5.41, 5.74) is 0. The Bertz CT molecular complexity index is 1100. The summed E-state index contributed by atoms with van der Waals surface area (Å²) in [6.45, 7) is 6.66. The summed E-state index contributed by atoms with van der Waals surface area (Å²) in [5, 5.41) is 0. The van der Waals surface area contributed by atoms with E-state index in [0.29, 0.717) is 19.3 Å². The molecule has 0 heterocycles. The normalized spacial score (nSPS) is 11.8. The second-order valence-electron chi connectivity index (χ2n) is 20.6. The van der Waals surface area contributed by atoms with Crippen LogP contribution in [0.2, 0.25) is 0 Å². The number of ether oxygens (including phenoxy) is 3. The maximum atomic E-state index is 12.9. The average molecular weight is 970 g/mol. The van der Waals surface area contributed by atoms with Gasteiger partial charge in [-0.15, -0.1) is 0 Å². The Morgan fingerprint density at radius 2 is 0.478 bits per heavy atom. The predicted octanol–water partition coefficient (Wildman–Crippen LogP) is 20.4. The number of unbranched alkanes of at least 4 members (excludes halogenated alkanes) is 39. The molecule has 0 radical (unpaired) electrons. The van der Waals surface area contributed by atoms with Gasteiger partial charge in [0.2, 0.25) is 0 Å². The molecule has 0 N–H and O–H groups in total. The van der Waals surface area contributed by atoms with Gasteiger partial charge in [-0.3, -0.25) is 14.4 Å². The zero-order chi connectivity index (χ0) is 50.0. The zero-order valence-electron chi connectivity index (χ0n) is 46.3. The van der Waals surface area contributed by atoms with Gasteiger partial charge in [0.25, 0.3) is 0 Å². The summed E-state index contributed by atoms with van der Waals surface area (Å²) in [6.07, 6.45) is 69.9. The first kappa shape index (κ1) is 66.6. The van der Waals surface area contributed by atoms with Gasteiger partial charge in [0, 0.05) is 19.3 Å². The third-order valence-electron chi connectivity index (χ3n) is 13.6. The largest absolute Gasteiger partial charge is 0.462 e. The van der Waals surface area contributed by atoms with Crippen LogP contribution in [0.5, 0.6) is 0 Å². The van der Waals surface area contributed by atoms with Gasteiger partial charge in [0.05, 0.1) is 0 Å². The molecule has 0 aliphatic carbocycles. The van der Waals surface area contributed by atoms with Crippen molar-refractivity contribution in [3.05, 3.63) is 36.5 Å². The summed E-state index contributed by atoms with van der Waals surface area (Å²) in [6, 6.07) is 0. The molecule has 0 atom stereocenters. The van der Waals surface area contributed by atoms with E-state index in [-0.39, 0.29) is 31.1 Å². The van der Waals surface area contributed by atoms with Gasteiger partial charge in [0.1, 0.15) is 13.2 Å². The van der Waals surface area contributed by atoms with E-state index in [1.165, 1.54) is 218 Å². The Hall–Kier alpha value is -2.37. The fourth-order valence-corrected chi connectivity index (χ4v) is 8.96. The lowest BCUT2D eigenvalue weighted by Crippen LogP contribution is -2.30. The Labute approximate surface area is 429 Å². The maximum Gasteiger partial charge on any atom is 0.306 e. The third-order valence-corrected chi connectivity index (χ3v) is 13.6. The molecule has 0 aliphatic heterocycles. The number of esters is 3. The molecule has 0 fully saturated rings. The average Bonchev–Trinajstić information content (AvgIpc) is 3.35. The number of carbonyl (C=O) groups excluding carboxylic acids is 3. The van der Waals surface area contributed by atoms with Crippen LogP contribution in [0.25, 0.3) is 0 Å². The zero-order valence-corrected chi connectivity index (χ0v) is 46.3. The molecule has 6 nitrogen and oxygen atoms in total. The minimum absolute atomic E-state index is 0.0767. The van der Waals surface area contributed by atoms with Crippen LogP contribution in [0.15, 0.2) is 36.5 Å². The number of hydrogen-bond acceptors (Lipinski definition) is 6. The fourth-order valence-electron chi connectivity index (χ4n) is 8.96. The van der Waals surface area contributed by atoms with E-state index in [2.05, 4.69) is 57.2 Å². The number of carbonyl (C=O) groups is 3. The summed E-state index contributed by atoms with van der Waals surface area (Å²) in [5.74, 6) is -0.875. The van der Waals surface area contributed by atoms with E-state index in [0.717, 1.165) is 70.6 Å². The second-order valence-corrected chi connectivity index (χ2v) is 20.6. The highest BCUT2D eigenvalue weighted by Gasteiger charge is 2.19. The summed E-state index contributed by atoms with van der Waals surface area (Å²) in [7, 11) is 0. The first-order chi connectivity index (χ1) is 34.0. The molecule has 0 bridgehead atoms. The van der Waals surface area contributed by atoms with E-state index in [4.69, 9.17) is 14.2 Å². The topological polar surface area (TPSA) is 78.9 Å². The van der Waals surface area contributed by atoms with Crippen LogP contribution < -0.4 is 0 Å². The molecule has 6 heteroatoms. The molecular formula is C63H116O6. The quantitative estimate of drug-likeness (QED) is 0.0261. The lowest BCUT2D eigenvalue weighted by atomic mass is 10.0. The molecule has 0 unspecified atom stereocenters. The molecule has 0 saturated heterocycles. The van der Waals surface area contributed by atoms with Crippen molar-refractivity contribution >= 4 is 17.9 Å². The number of rotatable bonds is 56. The van der Waals surface area contributed by atoms with Gasteiger partial charge in [-0.25, -0.2) is 0 Å². The van der Waals surface area contributed by atoms with Crippen LogP contribution in [0.1, 0.15) is 329 Å².